The first-order chi connectivity index (χ1) is 13.1. The van der Waals surface area contributed by atoms with Crippen molar-refractivity contribution in [2.75, 3.05) is 19.8 Å². The van der Waals surface area contributed by atoms with Crippen LogP contribution in [0.5, 0.6) is 0 Å². The molecule has 146 valence electrons. The van der Waals surface area contributed by atoms with Crippen molar-refractivity contribution < 1.29 is 4.74 Å². The van der Waals surface area contributed by atoms with Crippen molar-refractivity contribution >= 4 is 11.6 Å². The van der Waals surface area contributed by atoms with Gasteiger partial charge in [0, 0.05) is 36.6 Å². The second kappa shape index (κ2) is 8.29. The molecule has 1 aliphatic carbocycles. The highest BCUT2D eigenvalue weighted by atomic mass is 35.5. The minimum atomic E-state index is 0.455. The number of ether oxygens (including phenoxy) is 1. The zero-order valence-electron chi connectivity index (χ0n) is 16.3. The quantitative estimate of drug-likeness (QED) is 0.800. The van der Waals surface area contributed by atoms with Crippen LogP contribution >= 0.6 is 11.6 Å². The van der Waals surface area contributed by atoms with Crippen LogP contribution in [0.3, 0.4) is 0 Å². The molecule has 1 saturated carbocycles. The van der Waals surface area contributed by atoms with E-state index in [0.29, 0.717) is 18.0 Å². The molecule has 6 heteroatoms. The molecule has 0 spiro atoms. The number of nitrogens with zero attached hydrogens (tertiary/aromatic N) is 4. The van der Waals surface area contributed by atoms with Gasteiger partial charge in [0.2, 0.25) is 0 Å². The lowest BCUT2D eigenvalue weighted by atomic mass is 9.84. The van der Waals surface area contributed by atoms with E-state index in [1.165, 1.54) is 31.2 Å². The van der Waals surface area contributed by atoms with Crippen molar-refractivity contribution in [1.29, 1.82) is 0 Å². The van der Waals surface area contributed by atoms with Crippen LogP contribution in [0.2, 0.25) is 5.02 Å². The van der Waals surface area contributed by atoms with Crippen molar-refractivity contribution in [3.8, 4) is 0 Å². The van der Waals surface area contributed by atoms with Gasteiger partial charge < -0.3 is 4.74 Å². The summed E-state index contributed by atoms with van der Waals surface area (Å²) in [5.41, 5.74) is 1.33. The Morgan fingerprint density at radius 1 is 1.15 bits per heavy atom. The lowest BCUT2D eigenvalue weighted by Crippen LogP contribution is -2.52. The second-order valence-electron chi connectivity index (χ2n) is 7.94. The molecule has 4 rings (SSSR count). The summed E-state index contributed by atoms with van der Waals surface area (Å²) in [5.74, 6) is 2.55. The number of aryl methyl sites for hydroxylation is 2. The normalized spacial score (nSPS) is 27.0. The molecule has 1 saturated heterocycles. The van der Waals surface area contributed by atoms with Crippen molar-refractivity contribution in [2.24, 2.45) is 7.05 Å². The standard InChI is InChI=1S/C21H29ClN4O/c1-15-23-21(24-25(15)2)17-5-9-19(10-6-17)26-11-12-27-14-20(26)13-16-3-7-18(22)8-4-16/h3-4,7-8,17,19-20H,5-6,9-14H2,1-2H3/t17?,19?,20-/m0/s1. The Balaban J connectivity index is 1.38. The van der Waals surface area contributed by atoms with Crippen LogP contribution in [0.1, 0.15) is 48.8 Å². The van der Waals surface area contributed by atoms with Gasteiger partial charge in [-0.2, -0.15) is 5.10 Å². The number of rotatable bonds is 4. The Labute approximate surface area is 166 Å². The maximum absolute atomic E-state index is 6.03. The van der Waals surface area contributed by atoms with Gasteiger partial charge in [-0.15, -0.1) is 0 Å². The molecule has 0 unspecified atom stereocenters. The predicted octanol–water partition coefficient (Wildman–Crippen LogP) is 3.75. The first-order valence-corrected chi connectivity index (χ1v) is 10.4. The molecule has 0 bridgehead atoms. The van der Waals surface area contributed by atoms with Gasteiger partial charge in [-0.1, -0.05) is 23.7 Å². The summed E-state index contributed by atoms with van der Waals surface area (Å²) in [7, 11) is 1.98. The van der Waals surface area contributed by atoms with Crippen molar-refractivity contribution in [1.82, 2.24) is 19.7 Å². The Kier molecular flexibility index (Phi) is 5.81. The van der Waals surface area contributed by atoms with Crippen LogP contribution in [0.15, 0.2) is 24.3 Å². The van der Waals surface area contributed by atoms with E-state index in [2.05, 4.69) is 27.1 Å². The fourth-order valence-electron chi connectivity index (χ4n) is 4.54. The molecule has 27 heavy (non-hydrogen) atoms. The number of aromatic nitrogens is 3. The first-order valence-electron chi connectivity index (χ1n) is 10.1. The predicted molar refractivity (Wildman–Crippen MR) is 107 cm³/mol. The number of hydrogen-bond donors (Lipinski definition) is 0. The summed E-state index contributed by atoms with van der Waals surface area (Å²) >= 11 is 6.03. The van der Waals surface area contributed by atoms with Crippen LogP contribution in [0.4, 0.5) is 0 Å². The number of morpholine rings is 1. The first kappa shape index (κ1) is 18.9. The van der Waals surface area contributed by atoms with Crippen molar-refractivity contribution in [2.45, 2.75) is 57.0 Å². The summed E-state index contributed by atoms with van der Waals surface area (Å²) in [4.78, 5) is 7.36. The second-order valence-corrected chi connectivity index (χ2v) is 8.38. The highest BCUT2D eigenvalue weighted by molar-refractivity contribution is 6.30. The lowest BCUT2D eigenvalue weighted by Gasteiger charge is -2.43. The maximum atomic E-state index is 6.03. The van der Waals surface area contributed by atoms with Crippen LogP contribution in [0, 0.1) is 6.92 Å². The Morgan fingerprint density at radius 2 is 1.89 bits per heavy atom. The molecule has 2 aliphatic rings. The average molecular weight is 389 g/mol. The van der Waals surface area contributed by atoms with Crippen LogP contribution in [-0.4, -0.2) is 51.5 Å². The summed E-state index contributed by atoms with van der Waals surface area (Å²) in [5, 5.41) is 5.41. The molecule has 5 nitrogen and oxygen atoms in total. The van der Waals surface area contributed by atoms with Crippen molar-refractivity contribution in [3.05, 3.63) is 46.5 Å². The lowest BCUT2D eigenvalue weighted by molar-refractivity contribution is -0.0367. The Morgan fingerprint density at radius 3 is 2.56 bits per heavy atom. The molecule has 2 heterocycles. The third kappa shape index (κ3) is 4.36. The van der Waals surface area contributed by atoms with Crippen molar-refractivity contribution in [3.63, 3.8) is 0 Å². The summed E-state index contributed by atoms with van der Waals surface area (Å²) < 4.78 is 7.71. The van der Waals surface area contributed by atoms with Gasteiger partial charge in [0.1, 0.15) is 5.82 Å². The van der Waals surface area contributed by atoms with Crippen LogP contribution in [-0.2, 0) is 18.2 Å². The molecule has 1 atom stereocenters. The highest BCUT2D eigenvalue weighted by Gasteiger charge is 2.33. The molecular formula is C21H29ClN4O. The maximum Gasteiger partial charge on any atom is 0.153 e. The van der Waals surface area contributed by atoms with E-state index in [1.807, 2.05) is 30.8 Å². The Hall–Kier alpha value is -1.43. The molecule has 1 aromatic heterocycles. The summed E-state index contributed by atoms with van der Waals surface area (Å²) in [6.45, 7) is 4.73. The fourth-order valence-corrected chi connectivity index (χ4v) is 4.67. The zero-order valence-corrected chi connectivity index (χ0v) is 17.0. The number of halogens is 1. The van der Waals surface area contributed by atoms with Gasteiger partial charge in [-0.05, 0) is 56.7 Å². The van der Waals surface area contributed by atoms with E-state index in [4.69, 9.17) is 16.3 Å². The van der Waals surface area contributed by atoms with Gasteiger partial charge in [0.25, 0.3) is 0 Å². The van der Waals surface area contributed by atoms with Gasteiger partial charge in [-0.3, -0.25) is 9.58 Å². The monoisotopic (exact) mass is 388 g/mol. The molecule has 0 amide bonds. The van der Waals surface area contributed by atoms with Gasteiger partial charge >= 0.3 is 0 Å². The minimum absolute atomic E-state index is 0.455. The SMILES string of the molecule is Cc1nc(C2CCC(N3CCOC[C@@H]3Cc3ccc(Cl)cc3)CC2)nn1C. The molecule has 0 radical (unpaired) electrons. The van der Waals surface area contributed by atoms with E-state index in [0.717, 1.165) is 42.9 Å². The number of hydrogen-bond acceptors (Lipinski definition) is 4. The van der Waals surface area contributed by atoms with Gasteiger partial charge in [0.05, 0.1) is 13.2 Å². The van der Waals surface area contributed by atoms with Crippen LogP contribution in [0.25, 0.3) is 0 Å². The molecule has 1 aromatic carbocycles. The molecule has 0 N–H and O–H groups in total. The van der Waals surface area contributed by atoms with Gasteiger partial charge in [0.15, 0.2) is 5.82 Å². The summed E-state index contributed by atoms with van der Waals surface area (Å²) in [6.07, 6.45) is 5.83. The van der Waals surface area contributed by atoms with E-state index >= 15 is 0 Å². The van der Waals surface area contributed by atoms with E-state index in [-0.39, 0.29) is 0 Å². The highest BCUT2D eigenvalue weighted by Crippen LogP contribution is 2.35. The third-order valence-electron chi connectivity index (χ3n) is 6.19. The van der Waals surface area contributed by atoms with Gasteiger partial charge in [-0.25, -0.2) is 4.98 Å². The van der Waals surface area contributed by atoms with E-state index in [1.54, 1.807) is 0 Å². The molecule has 2 aromatic rings. The van der Waals surface area contributed by atoms with E-state index in [9.17, 15) is 0 Å². The average Bonchev–Trinajstić information content (AvgIpc) is 3.03. The molecule has 1 aliphatic heterocycles. The molecule has 2 fully saturated rings. The van der Waals surface area contributed by atoms with Crippen LogP contribution < -0.4 is 0 Å². The summed E-state index contributed by atoms with van der Waals surface area (Å²) in [6, 6.07) is 9.35. The Bertz CT molecular complexity index is 733. The largest absolute Gasteiger partial charge is 0.378 e. The smallest absolute Gasteiger partial charge is 0.153 e. The minimum Gasteiger partial charge on any atom is -0.378 e. The van der Waals surface area contributed by atoms with E-state index < -0.39 is 0 Å². The molecular weight excluding hydrogens is 360 g/mol. The fraction of sp³-hybridized carbons (Fsp3) is 0.619. The number of benzene rings is 1. The topological polar surface area (TPSA) is 43.2 Å². The zero-order chi connectivity index (χ0) is 18.8. The third-order valence-corrected chi connectivity index (χ3v) is 6.44.